The Hall–Kier alpha value is -1.01. The molecule has 3 heteroatoms. The average Bonchev–Trinajstić information content (AvgIpc) is 2.11. The summed E-state index contributed by atoms with van der Waals surface area (Å²) < 4.78 is 0. The van der Waals surface area contributed by atoms with E-state index < -0.39 is 0 Å². The Morgan fingerprint density at radius 1 is 1.64 bits per heavy atom. The molecule has 0 aromatic heterocycles. The van der Waals surface area contributed by atoms with Crippen molar-refractivity contribution in [2.24, 2.45) is 5.92 Å². The third kappa shape index (κ3) is 3.39. The molecule has 1 aliphatic carbocycles. The molecule has 3 nitrogen and oxygen atoms in total. The van der Waals surface area contributed by atoms with E-state index in [0.717, 1.165) is 12.5 Å². The van der Waals surface area contributed by atoms with Gasteiger partial charge in [0.05, 0.1) is 12.6 Å². The molecule has 1 fully saturated rings. The van der Waals surface area contributed by atoms with Crippen LogP contribution in [-0.2, 0) is 4.79 Å². The molecule has 1 unspecified atom stereocenters. The molecule has 1 atom stereocenters. The van der Waals surface area contributed by atoms with Crippen molar-refractivity contribution in [2.45, 2.75) is 32.2 Å². The van der Waals surface area contributed by atoms with Gasteiger partial charge in [-0.2, -0.15) is 0 Å². The second kappa shape index (κ2) is 5.66. The molecule has 0 spiro atoms. The molecule has 0 heterocycles. The van der Waals surface area contributed by atoms with Crippen LogP contribution in [0.1, 0.15) is 26.2 Å². The van der Waals surface area contributed by atoms with E-state index in [1.807, 2.05) is 6.92 Å². The maximum Gasteiger partial charge on any atom is 0.237 e. The molecule has 2 N–H and O–H groups in total. The van der Waals surface area contributed by atoms with Gasteiger partial charge in [0, 0.05) is 0 Å². The van der Waals surface area contributed by atoms with E-state index in [0.29, 0.717) is 6.54 Å². The van der Waals surface area contributed by atoms with Gasteiger partial charge in [0.15, 0.2) is 0 Å². The Kier molecular flexibility index (Phi) is 4.48. The number of hydrogen-bond acceptors (Lipinski definition) is 2. The summed E-state index contributed by atoms with van der Waals surface area (Å²) in [6.45, 7) is 3.13. The Bertz CT molecular complexity index is 228. The molecule has 1 rings (SSSR count). The van der Waals surface area contributed by atoms with Crippen molar-refractivity contribution in [3.05, 3.63) is 0 Å². The Labute approximate surface area is 85.6 Å². The molecule has 78 valence electrons. The summed E-state index contributed by atoms with van der Waals surface area (Å²) in [6, 6.07) is -0.135. The van der Waals surface area contributed by atoms with Crippen LogP contribution in [0.3, 0.4) is 0 Å². The standard InChI is InChI=1S/C11H18N2O/c1-3-7-12-11(14)9(2)13-8-10-5-4-6-10/h1,9-10,13H,4-8H2,2H3,(H,12,14). The van der Waals surface area contributed by atoms with Gasteiger partial charge in [-0.3, -0.25) is 4.79 Å². The number of nitrogens with one attached hydrogen (secondary N) is 2. The molecule has 0 bridgehead atoms. The van der Waals surface area contributed by atoms with Gasteiger partial charge in [0.2, 0.25) is 5.91 Å². The summed E-state index contributed by atoms with van der Waals surface area (Å²) in [5.74, 6) is 3.15. The van der Waals surface area contributed by atoms with Gasteiger partial charge in [0.1, 0.15) is 0 Å². The van der Waals surface area contributed by atoms with E-state index in [9.17, 15) is 4.79 Å². The van der Waals surface area contributed by atoms with Crippen LogP contribution in [0.15, 0.2) is 0 Å². The maximum absolute atomic E-state index is 11.4. The minimum atomic E-state index is -0.135. The second-order valence-corrected chi connectivity index (χ2v) is 3.85. The van der Waals surface area contributed by atoms with E-state index in [-0.39, 0.29) is 11.9 Å². The number of hydrogen-bond donors (Lipinski definition) is 2. The first kappa shape index (κ1) is 11.1. The SMILES string of the molecule is C#CCNC(=O)C(C)NCC1CCC1. The van der Waals surface area contributed by atoms with Crippen molar-refractivity contribution in [3.8, 4) is 12.3 Å². The zero-order valence-corrected chi connectivity index (χ0v) is 8.68. The molecule has 0 radical (unpaired) electrons. The van der Waals surface area contributed by atoms with Crippen molar-refractivity contribution >= 4 is 5.91 Å². The third-order valence-corrected chi connectivity index (χ3v) is 2.70. The van der Waals surface area contributed by atoms with Crippen molar-refractivity contribution in [1.29, 1.82) is 0 Å². The summed E-state index contributed by atoms with van der Waals surface area (Å²) in [6.07, 6.45) is 8.98. The van der Waals surface area contributed by atoms with Gasteiger partial charge in [-0.05, 0) is 32.2 Å². The van der Waals surface area contributed by atoms with Crippen LogP contribution in [0.2, 0.25) is 0 Å². The van der Waals surface area contributed by atoms with Gasteiger partial charge in [-0.25, -0.2) is 0 Å². The zero-order valence-electron chi connectivity index (χ0n) is 8.68. The quantitative estimate of drug-likeness (QED) is 0.626. The summed E-state index contributed by atoms with van der Waals surface area (Å²) in [5.41, 5.74) is 0. The molecule has 1 saturated carbocycles. The van der Waals surface area contributed by atoms with Crippen molar-refractivity contribution < 1.29 is 4.79 Å². The molecule has 1 amide bonds. The van der Waals surface area contributed by atoms with Gasteiger partial charge in [-0.1, -0.05) is 12.3 Å². The van der Waals surface area contributed by atoms with Crippen LogP contribution in [0.5, 0.6) is 0 Å². The van der Waals surface area contributed by atoms with Gasteiger partial charge in [-0.15, -0.1) is 6.42 Å². The molecular weight excluding hydrogens is 176 g/mol. The highest BCUT2D eigenvalue weighted by Gasteiger charge is 2.19. The van der Waals surface area contributed by atoms with Gasteiger partial charge < -0.3 is 10.6 Å². The van der Waals surface area contributed by atoms with E-state index in [1.165, 1.54) is 19.3 Å². The fourth-order valence-electron chi connectivity index (χ4n) is 1.42. The molecule has 14 heavy (non-hydrogen) atoms. The van der Waals surface area contributed by atoms with E-state index in [4.69, 9.17) is 6.42 Å². The predicted octanol–water partition coefficient (Wildman–Crippen LogP) is 0.514. The molecule has 0 saturated heterocycles. The lowest BCUT2D eigenvalue weighted by molar-refractivity contribution is -0.122. The predicted molar refractivity (Wildman–Crippen MR) is 56.6 cm³/mol. The first-order chi connectivity index (χ1) is 6.74. The highest BCUT2D eigenvalue weighted by molar-refractivity contribution is 5.81. The molecule has 0 aliphatic heterocycles. The maximum atomic E-state index is 11.4. The van der Waals surface area contributed by atoms with E-state index >= 15 is 0 Å². The summed E-state index contributed by atoms with van der Waals surface area (Å²) in [5, 5.41) is 5.87. The lowest BCUT2D eigenvalue weighted by Crippen LogP contribution is -2.44. The lowest BCUT2D eigenvalue weighted by atomic mass is 9.85. The van der Waals surface area contributed by atoms with Crippen LogP contribution in [0, 0.1) is 18.3 Å². The van der Waals surface area contributed by atoms with Crippen LogP contribution in [-0.4, -0.2) is 25.0 Å². The van der Waals surface area contributed by atoms with Crippen molar-refractivity contribution in [1.82, 2.24) is 10.6 Å². The lowest BCUT2D eigenvalue weighted by Gasteiger charge is -2.26. The number of terminal acetylenes is 1. The van der Waals surface area contributed by atoms with Crippen LogP contribution >= 0.6 is 0 Å². The van der Waals surface area contributed by atoms with E-state index in [2.05, 4.69) is 16.6 Å². The third-order valence-electron chi connectivity index (χ3n) is 2.70. The number of carbonyl (C=O) groups excluding carboxylic acids is 1. The minimum absolute atomic E-state index is 0.0118. The van der Waals surface area contributed by atoms with Gasteiger partial charge in [0.25, 0.3) is 0 Å². The highest BCUT2D eigenvalue weighted by atomic mass is 16.2. The van der Waals surface area contributed by atoms with Crippen LogP contribution in [0.25, 0.3) is 0 Å². The first-order valence-electron chi connectivity index (χ1n) is 5.18. The normalized spacial score (nSPS) is 18.0. The van der Waals surface area contributed by atoms with E-state index in [1.54, 1.807) is 0 Å². The van der Waals surface area contributed by atoms with Crippen LogP contribution in [0.4, 0.5) is 0 Å². The molecular formula is C11H18N2O. The monoisotopic (exact) mass is 194 g/mol. The molecule has 0 aromatic rings. The first-order valence-corrected chi connectivity index (χ1v) is 5.18. The summed E-state index contributed by atoms with van der Waals surface area (Å²) in [4.78, 5) is 11.4. The minimum Gasteiger partial charge on any atom is -0.344 e. The number of rotatable bonds is 5. The molecule has 1 aliphatic rings. The second-order valence-electron chi connectivity index (χ2n) is 3.85. The topological polar surface area (TPSA) is 41.1 Å². The largest absolute Gasteiger partial charge is 0.344 e. The van der Waals surface area contributed by atoms with Crippen molar-refractivity contribution in [2.75, 3.05) is 13.1 Å². The summed E-state index contributed by atoms with van der Waals surface area (Å²) >= 11 is 0. The highest BCUT2D eigenvalue weighted by Crippen LogP contribution is 2.25. The van der Waals surface area contributed by atoms with Gasteiger partial charge >= 0.3 is 0 Å². The fraction of sp³-hybridized carbons (Fsp3) is 0.727. The smallest absolute Gasteiger partial charge is 0.237 e. The Morgan fingerprint density at radius 2 is 2.36 bits per heavy atom. The van der Waals surface area contributed by atoms with Crippen LogP contribution < -0.4 is 10.6 Å². The fourth-order valence-corrected chi connectivity index (χ4v) is 1.42. The summed E-state index contributed by atoms with van der Waals surface area (Å²) in [7, 11) is 0. The number of amides is 1. The average molecular weight is 194 g/mol. The van der Waals surface area contributed by atoms with Crippen molar-refractivity contribution in [3.63, 3.8) is 0 Å². The zero-order chi connectivity index (χ0) is 10.4. The Morgan fingerprint density at radius 3 is 2.86 bits per heavy atom. The number of carbonyl (C=O) groups is 1. The Balaban J connectivity index is 2.10. The molecule has 0 aromatic carbocycles.